The quantitative estimate of drug-likeness (QED) is 0.493. The first-order valence-corrected chi connectivity index (χ1v) is 6.34. The van der Waals surface area contributed by atoms with Crippen LogP contribution in [-0.2, 0) is 19.2 Å². The van der Waals surface area contributed by atoms with Gasteiger partial charge in [0.25, 0.3) is 0 Å². The summed E-state index contributed by atoms with van der Waals surface area (Å²) in [5.41, 5.74) is 0.148. The van der Waals surface area contributed by atoms with E-state index < -0.39 is 23.9 Å². The molecule has 0 unspecified atom stereocenters. The Morgan fingerprint density at radius 2 is 1.39 bits per heavy atom. The number of ether oxygens (including phenoxy) is 3. The van der Waals surface area contributed by atoms with Crippen LogP contribution in [0.5, 0.6) is 17.2 Å². The van der Waals surface area contributed by atoms with Gasteiger partial charge in [-0.05, 0) is 18.2 Å². The first-order chi connectivity index (χ1) is 10.7. The van der Waals surface area contributed by atoms with Crippen LogP contribution < -0.4 is 14.2 Å². The van der Waals surface area contributed by atoms with Gasteiger partial charge in [-0.3, -0.25) is 14.4 Å². The minimum atomic E-state index is -1.23. The Balaban J connectivity index is 3.53. The zero-order valence-corrected chi connectivity index (χ0v) is 12.6. The van der Waals surface area contributed by atoms with Crippen LogP contribution in [0.3, 0.4) is 0 Å². The first kappa shape index (κ1) is 17.9. The molecule has 1 rings (SSSR count). The molecule has 8 heteroatoms. The molecule has 0 atom stereocenters. The van der Waals surface area contributed by atoms with Crippen molar-refractivity contribution < 1.29 is 38.5 Å². The molecular weight excluding hydrogens is 308 g/mol. The molecule has 0 aliphatic heterocycles. The van der Waals surface area contributed by atoms with E-state index >= 15 is 0 Å². The summed E-state index contributed by atoms with van der Waals surface area (Å²) >= 11 is 0. The Labute approximate surface area is 131 Å². The van der Waals surface area contributed by atoms with Crippen molar-refractivity contribution in [1.29, 1.82) is 0 Å². The van der Waals surface area contributed by atoms with E-state index in [-0.39, 0.29) is 22.8 Å². The number of esters is 3. The smallest absolute Gasteiger partial charge is 0.328 e. The number of benzene rings is 1. The summed E-state index contributed by atoms with van der Waals surface area (Å²) in [6.45, 7) is 3.36. The maximum absolute atomic E-state index is 11.3. The van der Waals surface area contributed by atoms with Crippen LogP contribution in [0.15, 0.2) is 18.2 Å². The average molecular weight is 322 g/mol. The lowest BCUT2D eigenvalue weighted by Gasteiger charge is -2.15. The van der Waals surface area contributed by atoms with Gasteiger partial charge in [0.05, 0.1) is 0 Å². The number of rotatable bonds is 5. The van der Waals surface area contributed by atoms with Gasteiger partial charge in [0.15, 0.2) is 11.5 Å². The molecule has 0 saturated heterocycles. The third-order valence-corrected chi connectivity index (χ3v) is 2.26. The van der Waals surface area contributed by atoms with Crippen molar-refractivity contribution in [2.45, 2.75) is 20.8 Å². The number of aliphatic carboxylic acids is 1. The highest BCUT2D eigenvalue weighted by molar-refractivity contribution is 5.87. The monoisotopic (exact) mass is 322 g/mol. The Bertz CT molecular complexity index is 687. The maximum atomic E-state index is 11.3. The fourth-order valence-corrected chi connectivity index (χ4v) is 1.58. The van der Waals surface area contributed by atoms with E-state index in [0.29, 0.717) is 0 Å². The molecular formula is C15H14O8. The third-order valence-electron chi connectivity index (χ3n) is 2.26. The average Bonchev–Trinajstić information content (AvgIpc) is 2.39. The molecule has 0 aromatic heterocycles. The zero-order valence-electron chi connectivity index (χ0n) is 12.6. The molecule has 122 valence electrons. The van der Waals surface area contributed by atoms with E-state index in [9.17, 15) is 19.2 Å². The fraction of sp³-hybridized carbons (Fsp3) is 0.200. The SMILES string of the molecule is CC(=O)Oc1ccc(/C=C/C(=O)O)c(OC(C)=O)c1OC(C)=O. The van der Waals surface area contributed by atoms with Gasteiger partial charge in [0.1, 0.15) is 0 Å². The summed E-state index contributed by atoms with van der Waals surface area (Å²) in [6, 6.07) is 2.64. The standard InChI is InChI=1S/C15H14O8/c1-8(16)21-12-6-4-11(5-7-13(19)20)14(22-9(2)17)15(12)23-10(3)18/h4-7H,1-3H3,(H,19,20)/b7-5+. The predicted octanol–water partition coefficient (Wildman–Crippen LogP) is 1.56. The molecule has 0 amide bonds. The second-order valence-corrected chi connectivity index (χ2v) is 4.26. The third kappa shape index (κ3) is 5.62. The summed E-state index contributed by atoms with van der Waals surface area (Å²) in [4.78, 5) is 44.3. The lowest BCUT2D eigenvalue weighted by molar-refractivity contribution is -0.135. The van der Waals surface area contributed by atoms with Gasteiger partial charge in [0, 0.05) is 32.4 Å². The maximum Gasteiger partial charge on any atom is 0.328 e. The molecule has 1 aromatic carbocycles. The Kier molecular flexibility index (Phi) is 6.02. The fourth-order valence-electron chi connectivity index (χ4n) is 1.58. The van der Waals surface area contributed by atoms with Gasteiger partial charge in [-0.1, -0.05) is 0 Å². The van der Waals surface area contributed by atoms with Crippen molar-refractivity contribution in [3.05, 3.63) is 23.8 Å². The lowest BCUT2D eigenvalue weighted by atomic mass is 10.1. The van der Waals surface area contributed by atoms with Crippen LogP contribution in [0.2, 0.25) is 0 Å². The Morgan fingerprint density at radius 1 is 0.870 bits per heavy atom. The number of carboxylic acid groups (broad SMARTS) is 1. The van der Waals surface area contributed by atoms with Crippen molar-refractivity contribution in [3.8, 4) is 17.2 Å². The summed E-state index contributed by atoms with van der Waals surface area (Å²) in [7, 11) is 0. The zero-order chi connectivity index (χ0) is 17.6. The molecule has 8 nitrogen and oxygen atoms in total. The van der Waals surface area contributed by atoms with Crippen LogP contribution in [0.1, 0.15) is 26.3 Å². The highest BCUT2D eigenvalue weighted by Crippen LogP contribution is 2.41. The van der Waals surface area contributed by atoms with Gasteiger partial charge in [0.2, 0.25) is 5.75 Å². The van der Waals surface area contributed by atoms with Crippen molar-refractivity contribution in [1.82, 2.24) is 0 Å². The van der Waals surface area contributed by atoms with Crippen LogP contribution in [0.25, 0.3) is 6.08 Å². The van der Waals surface area contributed by atoms with Gasteiger partial charge < -0.3 is 19.3 Å². The van der Waals surface area contributed by atoms with Gasteiger partial charge in [-0.15, -0.1) is 0 Å². The molecule has 0 saturated carbocycles. The minimum absolute atomic E-state index is 0.142. The molecule has 0 spiro atoms. The Hall–Kier alpha value is -3.16. The van der Waals surface area contributed by atoms with E-state index in [4.69, 9.17) is 19.3 Å². The predicted molar refractivity (Wildman–Crippen MR) is 77.0 cm³/mol. The number of carbonyl (C=O) groups excluding carboxylic acids is 3. The van der Waals surface area contributed by atoms with E-state index in [1.54, 1.807) is 0 Å². The molecule has 0 aliphatic carbocycles. The van der Waals surface area contributed by atoms with Crippen LogP contribution in [-0.4, -0.2) is 29.0 Å². The number of carboxylic acids is 1. The second-order valence-electron chi connectivity index (χ2n) is 4.26. The summed E-state index contributed by atoms with van der Waals surface area (Å²) < 4.78 is 14.8. The van der Waals surface area contributed by atoms with Crippen molar-refractivity contribution in [2.24, 2.45) is 0 Å². The van der Waals surface area contributed by atoms with E-state index in [0.717, 1.165) is 32.9 Å². The van der Waals surface area contributed by atoms with Crippen molar-refractivity contribution >= 4 is 30.0 Å². The van der Waals surface area contributed by atoms with Crippen molar-refractivity contribution in [3.63, 3.8) is 0 Å². The molecule has 23 heavy (non-hydrogen) atoms. The summed E-state index contributed by atoms with van der Waals surface area (Å²) in [6.07, 6.45) is 1.95. The molecule has 1 N–H and O–H groups in total. The highest BCUT2D eigenvalue weighted by Gasteiger charge is 2.21. The number of carbonyl (C=O) groups is 4. The molecule has 0 aliphatic rings. The first-order valence-electron chi connectivity index (χ1n) is 6.34. The number of hydrogen-bond acceptors (Lipinski definition) is 7. The van der Waals surface area contributed by atoms with E-state index in [1.807, 2.05) is 0 Å². The topological polar surface area (TPSA) is 116 Å². The molecule has 0 fully saturated rings. The molecule has 0 radical (unpaired) electrons. The van der Waals surface area contributed by atoms with E-state index in [1.165, 1.54) is 12.1 Å². The van der Waals surface area contributed by atoms with Crippen LogP contribution in [0, 0.1) is 0 Å². The normalized spacial score (nSPS) is 10.2. The Morgan fingerprint density at radius 3 is 1.87 bits per heavy atom. The minimum Gasteiger partial charge on any atom is -0.478 e. The number of hydrogen-bond donors (Lipinski definition) is 1. The lowest BCUT2D eigenvalue weighted by Crippen LogP contribution is -2.11. The largest absolute Gasteiger partial charge is 0.478 e. The molecule has 0 heterocycles. The van der Waals surface area contributed by atoms with Gasteiger partial charge in [-0.25, -0.2) is 4.79 Å². The van der Waals surface area contributed by atoms with Crippen LogP contribution >= 0.6 is 0 Å². The summed E-state index contributed by atoms with van der Waals surface area (Å²) in [5, 5.41) is 8.69. The second kappa shape index (κ2) is 7.74. The van der Waals surface area contributed by atoms with E-state index in [2.05, 4.69) is 0 Å². The van der Waals surface area contributed by atoms with Crippen molar-refractivity contribution in [2.75, 3.05) is 0 Å². The molecule has 0 bridgehead atoms. The van der Waals surface area contributed by atoms with Crippen LogP contribution in [0.4, 0.5) is 0 Å². The molecule has 1 aromatic rings. The highest BCUT2D eigenvalue weighted by atomic mass is 16.6. The summed E-state index contributed by atoms with van der Waals surface area (Å²) in [5.74, 6) is -4.05. The van der Waals surface area contributed by atoms with Gasteiger partial charge in [-0.2, -0.15) is 0 Å². The van der Waals surface area contributed by atoms with Gasteiger partial charge >= 0.3 is 23.9 Å².